The summed E-state index contributed by atoms with van der Waals surface area (Å²) < 4.78 is 18.2. The zero-order valence-corrected chi connectivity index (χ0v) is 7.85. The summed E-state index contributed by atoms with van der Waals surface area (Å²) in [5.74, 6) is 0.624. The summed E-state index contributed by atoms with van der Waals surface area (Å²) in [6.07, 6.45) is 3.21. The van der Waals surface area contributed by atoms with Crippen molar-refractivity contribution < 1.29 is 9.13 Å². The topological polar surface area (TPSA) is 48.1 Å². The van der Waals surface area contributed by atoms with Gasteiger partial charge in [-0.05, 0) is 24.3 Å². The van der Waals surface area contributed by atoms with Crippen molar-refractivity contribution in [3.05, 3.63) is 48.5 Å². The van der Waals surface area contributed by atoms with Crippen LogP contribution in [0.25, 0.3) is 0 Å². The van der Waals surface area contributed by atoms with Gasteiger partial charge in [-0.25, -0.2) is 4.39 Å². The summed E-state index contributed by atoms with van der Waals surface area (Å²) in [6, 6.07) is 7.72. The molecule has 0 saturated carbocycles. The Balaban J connectivity index is 2.22. The van der Waals surface area contributed by atoms with Crippen molar-refractivity contribution in [3.8, 4) is 11.5 Å². The number of hydrogen-bond donors (Lipinski definition) is 1. The van der Waals surface area contributed by atoms with Gasteiger partial charge in [-0.15, -0.1) is 0 Å². The Morgan fingerprint density at radius 3 is 2.73 bits per heavy atom. The molecule has 2 N–H and O–H groups in total. The van der Waals surface area contributed by atoms with E-state index in [9.17, 15) is 4.39 Å². The number of rotatable bonds is 2. The van der Waals surface area contributed by atoms with E-state index in [2.05, 4.69) is 4.98 Å². The van der Waals surface area contributed by atoms with Crippen molar-refractivity contribution in [1.82, 2.24) is 4.98 Å². The summed E-state index contributed by atoms with van der Waals surface area (Å²) in [7, 11) is 0. The van der Waals surface area contributed by atoms with Crippen molar-refractivity contribution in [2.75, 3.05) is 5.73 Å². The van der Waals surface area contributed by atoms with Crippen LogP contribution in [0.1, 0.15) is 0 Å². The highest BCUT2D eigenvalue weighted by Crippen LogP contribution is 2.23. The van der Waals surface area contributed by atoms with Crippen LogP contribution in [0.2, 0.25) is 0 Å². The molecule has 15 heavy (non-hydrogen) atoms. The summed E-state index contributed by atoms with van der Waals surface area (Å²) in [5.41, 5.74) is 5.47. The molecule has 1 aromatic carbocycles. The smallest absolute Gasteiger partial charge is 0.146 e. The average Bonchev–Trinajstić information content (AvgIpc) is 2.25. The Morgan fingerprint density at radius 2 is 2.07 bits per heavy atom. The van der Waals surface area contributed by atoms with Gasteiger partial charge in [0.15, 0.2) is 0 Å². The van der Waals surface area contributed by atoms with Gasteiger partial charge in [-0.1, -0.05) is 0 Å². The normalized spacial score (nSPS) is 9.93. The van der Waals surface area contributed by atoms with Crippen molar-refractivity contribution in [1.29, 1.82) is 0 Å². The molecule has 0 bridgehead atoms. The number of hydrogen-bond acceptors (Lipinski definition) is 3. The molecule has 0 amide bonds. The number of nitrogen functional groups attached to an aromatic ring is 1. The molecule has 0 saturated heterocycles. The molecule has 2 rings (SSSR count). The Morgan fingerprint density at radius 1 is 1.20 bits per heavy atom. The SMILES string of the molecule is Nc1cc(Oc2cccnc2)ccc1F. The molecule has 4 heteroatoms. The van der Waals surface area contributed by atoms with E-state index < -0.39 is 5.82 Å². The van der Waals surface area contributed by atoms with Crippen LogP contribution in [0.3, 0.4) is 0 Å². The first-order chi connectivity index (χ1) is 7.25. The third-order valence-corrected chi connectivity index (χ3v) is 1.84. The summed E-state index contributed by atoms with van der Waals surface area (Å²) in [5, 5.41) is 0. The van der Waals surface area contributed by atoms with Crippen LogP contribution >= 0.6 is 0 Å². The molecule has 3 nitrogen and oxygen atoms in total. The molecule has 0 aliphatic heterocycles. The largest absolute Gasteiger partial charge is 0.456 e. The van der Waals surface area contributed by atoms with E-state index in [1.54, 1.807) is 24.5 Å². The maximum Gasteiger partial charge on any atom is 0.146 e. The molecule has 0 radical (unpaired) electrons. The van der Waals surface area contributed by atoms with Crippen molar-refractivity contribution in [3.63, 3.8) is 0 Å². The second-order valence-corrected chi connectivity index (χ2v) is 2.97. The minimum atomic E-state index is -0.450. The van der Waals surface area contributed by atoms with E-state index >= 15 is 0 Å². The van der Waals surface area contributed by atoms with Gasteiger partial charge in [-0.3, -0.25) is 4.98 Å². The van der Waals surface area contributed by atoms with Crippen LogP contribution in [0.5, 0.6) is 11.5 Å². The van der Waals surface area contributed by atoms with E-state index in [1.807, 2.05) is 0 Å². The van der Waals surface area contributed by atoms with Gasteiger partial charge in [0.05, 0.1) is 11.9 Å². The molecule has 0 aliphatic rings. The summed E-state index contributed by atoms with van der Waals surface area (Å²) in [4.78, 5) is 3.89. The highest BCUT2D eigenvalue weighted by atomic mass is 19.1. The standard InChI is InChI=1S/C11H9FN2O/c12-10-4-3-8(6-11(10)13)15-9-2-1-5-14-7-9/h1-7H,13H2. The van der Waals surface area contributed by atoms with Gasteiger partial charge in [-0.2, -0.15) is 0 Å². The Hall–Kier alpha value is -2.10. The molecule has 2 aromatic rings. The van der Waals surface area contributed by atoms with Crippen molar-refractivity contribution in [2.24, 2.45) is 0 Å². The molecule has 1 aromatic heterocycles. The predicted octanol–water partition coefficient (Wildman–Crippen LogP) is 2.60. The minimum absolute atomic E-state index is 0.0661. The second-order valence-electron chi connectivity index (χ2n) is 2.97. The number of ether oxygens (including phenoxy) is 1. The Kier molecular flexibility index (Phi) is 2.49. The summed E-state index contributed by atoms with van der Waals surface area (Å²) in [6.45, 7) is 0. The first-order valence-electron chi connectivity index (χ1n) is 4.38. The third kappa shape index (κ3) is 2.22. The van der Waals surface area contributed by atoms with E-state index in [-0.39, 0.29) is 5.69 Å². The molecule has 0 aliphatic carbocycles. The molecule has 0 spiro atoms. The van der Waals surface area contributed by atoms with Crippen LogP contribution in [0.15, 0.2) is 42.7 Å². The van der Waals surface area contributed by atoms with E-state index in [0.29, 0.717) is 11.5 Å². The van der Waals surface area contributed by atoms with Gasteiger partial charge in [0.2, 0.25) is 0 Å². The van der Waals surface area contributed by atoms with Gasteiger partial charge in [0.1, 0.15) is 17.3 Å². The van der Waals surface area contributed by atoms with Gasteiger partial charge < -0.3 is 10.5 Å². The van der Waals surface area contributed by atoms with Crippen molar-refractivity contribution in [2.45, 2.75) is 0 Å². The fourth-order valence-corrected chi connectivity index (χ4v) is 1.13. The minimum Gasteiger partial charge on any atom is -0.456 e. The molecule has 0 unspecified atom stereocenters. The molecule has 1 heterocycles. The van der Waals surface area contributed by atoms with E-state index in [0.717, 1.165) is 0 Å². The first-order valence-corrected chi connectivity index (χ1v) is 4.38. The lowest BCUT2D eigenvalue weighted by molar-refractivity contribution is 0.479. The number of benzene rings is 1. The lowest BCUT2D eigenvalue weighted by atomic mass is 10.3. The van der Waals surface area contributed by atoms with Crippen LogP contribution < -0.4 is 10.5 Å². The van der Waals surface area contributed by atoms with Crippen LogP contribution in [-0.2, 0) is 0 Å². The molecule has 76 valence electrons. The highest BCUT2D eigenvalue weighted by molar-refractivity contribution is 5.46. The number of aromatic nitrogens is 1. The highest BCUT2D eigenvalue weighted by Gasteiger charge is 2.01. The average molecular weight is 204 g/mol. The predicted molar refractivity (Wildman–Crippen MR) is 55.1 cm³/mol. The van der Waals surface area contributed by atoms with Crippen LogP contribution in [0.4, 0.5) is 10.1 Å². The van der Waals surface area contributed by atoms with Gasteiger partial charge in [0.25, 0.3) is 0 Å². The first kappa shape index (κ1) is 9.45. The Bertz CT molecular complexity index is 459. The molecule has 0 atom stereocenters. The molecule has 0 fully saturated rings. The monoisotopic (exact) mass is 204 g/mol. The number of halogens is 1. The fraction of sp³-hybridized carbons (Fsp3) is 0. The molecular formula is C11H9FN2O. The van der Waals surface area contributed by atoms with Gasteiger partial charge in [0, 0.05) is 12.3 Å². The number of nitrogens with zero attached hydrogens (tertiary/aromatic N) is 1. The molecular weight excluding hydrogens is 195 g/mol. The van der Waals surface area contributed by atoms with Gasteiger partial charge >= 0.3 is 0 Å². The zero-order valence-electron chi connectivity index (χ0n) is 7.85. The van der Waals surface area contributed by atoms with Crippen molar-refractivity contribution >= 4 is 5.69 Å². The summed E-state index contributed by atoms with van der Waals surface area (Å²) >= 11 is 0. The number of nitrogens with two attached hydrogens (primary N) is 1. The van der Waals surface area contributed by atoms with E-state index in [4.69, 9.17) is 10.5 Å². The van der Waals surface area contributed by atoms with Crippen LogP contribution in [-0.4, -0.2) is 4.98 Å². The van der Waals surface area contributed by atoms with Crippen LogP contribution in [0, 0.1) is 5.82 Å². The second kappa shape index (κ2) is 3.96. The third-order valence-electron chi connectivity index (χ3n) is 1.84. The maximum absolute atomic E-state index is 12.8. The lowest BCUT2D eigenvalue weighted by Gasteiger charge is -2.05. The quantitative estimate of drug-likeness (QED) is 0.765. The number of anilines is 1. The Labute approximate surface area is 86.3 Å². The zero-order chi connectivity index (χ0) is 10.7. The fourth-order valence-electron chi connectivity index (χ4n) is 1.13. The maximum atomic E-state index is 12.8. The number of pyridine rings is 1. The van der Waals surface area contributed by atoms with E-state index in [1.165, 1.54) is 18.2 Å². The lowest BCUT2D eigenvalue weighted by Crippen LogP contribution is -1.91.